The largest absolute Gasteiger partial charge is 0.478 e. The van der Waals surface area contributed by atoms with Crippen LogP contribution in [0.4, 0.5) is 10.5 Å². The van der Waals surface area contributed by atoms with Gasteiger partial charge >= 0.3 is 12.0 Å². The number of methoxy groups -OCH3 is 1. The molecule has 0 aliphatic rings. The van der Waals surface area contributed by atoms with Crippen molar-refractivity contribution in [3.8, 4) is 0 Å². The Balaban J connectivity index is 2.62. The van der Waals surface area contributed by atoms with E-state index in [4.69, 9.17) is 9.84 Å². The van der Waals surface area contributed by atoms with Crippen molar-refractivity contribution in [3.63, 3.8) is 0 Å². The topological polar surface area (TPSA) is 87.7 Å². The van der Waals surface area contributed by atoms with Crippen LogP contribution in [-0.2, 0) is 4.74 Å². The van der Waals surface area contributed by atoms with Gasteiger partial charge in [-0.2, -0.15) is 0 Å². The Kier molecular flexibility index (Phi) is 6.47. The van der Waals surface area contributed by atoms with Gasteiger partial charge in [-0.1, -0.05) is 0 Å². The summed E-state index contributed by atoms with van der Waals surface area (Å²) >= 11 is 3.14. The van der Waals surface area contributed by atoms with Gasteiger partial charge in [0.1, 0.15) is 0 Å². The van der Waals surface area contributed by atoms with Crippen LogP contribution in [0.1, 0.15) is 23.7 Å². The van der Waals surface area contributed by atoms with Gasteiger partial charge in [0.05, 0.1) is 5.56 Å². The molecule has 1 aromatic carbocycles. The van der Waals surface area contributed by atoms with Gasteiger partial charge in [0, 0.05) is 29.9 Å². The number of hydrogen-bond acceptors (Lipinski definition) is 3. The highest BCUT2D eigenvalue weighted by molar-refractivity contribution is 9.10. The summed E-state index contributed by atoms with van der Waals surface area (Å²) in [4.78, 5) is 22.7. The molecule has 20 heavy (non-hydrogen) atoms. The average Bonchev–Trinajstić information content (AvgIpc) is 2.38. The molecule has 0 heterocycles. The van der Waals surface area contributed by atoms with E-state index in [0.29, 0.717) is 23.2 Å². The first-order chi connectivity index (χ1) is 9.43. The monoisotopic (exact) mass is 344 g/mol. The number of benzene rings is 1. The lowest BCUT2D eigenvalue weighted by Gasteiger charge is -2.14. The molecule has 0 aliphatic heterocycles. The quantitative estimate of drug-likeness (QED) is 0.740. The molecule has 1 unspecified atom stereocenters. The molecule has 0 spiro atoms. The summed E-state index contributed by atoms with van der Waals surface area (Å²) in [7, 11) is 1.60. The van der Waals surface area contributed by atoms with Crippen molar-refractivity contribution in [2.45, 2.75) is 19.4 Å². The van der Waals surface area contributed by atoms with Crippen LogP contribution in [0.3, 0.4) is 0 Å². The van der Waals surface area contributed by atoms with Gasteiger partial charge in [0.2, 0.25) is 0 Å². The van der Waals surface area contributed by atoms with Crippen LogP contribution in [0.25, 0.3) is 0 Å². The number of carboxylic acids is 1. The summed E-state index contributed by atoms with van der Waals surface area (Å²) in [6.07, 6.45) is 0.699. The zero-order valence-corrected chi connectivity index (χ0v) is 12.9. The van der Waals surface area contributed by atoms with E-state index in [1.165, 1.54) is 6.07 Å². The Labute approximate surface area is 125 Å². The van der Waals surface area contributed by atoms with Crippen molar-refractivity contribution >= 4 is 33.6 Å². The lowest BCUT2D eigenvalue weighted by molar-refractivity contribution is 0.0696. The molecule has 2 amide bonds. The molecule has 0 fully saturated rings. The van der Waals surface area contributed by atoms with E-state index in [9.17, 15) is 9.59 Å². The summed E-state index contributed by atoms with van der Waals surface area (Å²) in [5.41, 5.74) is 0.511. The molecule has 3 N–H and O–H groups in total. The molecule has 110 valence electrons. The standard InChI is InChI=1S/C13H17BrN2O4/c1-8(5-6-20-2)15-13(19)16-9-3-4-11(14)10(7-9)12(17)18/h3-4,7-8H,5-6H2,1-2H3,(H,17,18)(H2,15,16,19). The first-order valence-corrected chi connectivity index (χ1v) is 6.82. The second kappa shape index (κ2) is 7.86. The van der Waals surface area contributed by atoms with Crippen LogP contribution >= 0.6 is 15.9 Å². The molecule has 7 heteroatoms. The Morgan fingerprint density at radius 1 is 1.45 bits per heavy atom. The van der Waals surface area contributed by atoms with Crippen LogP contribution in [0.15, 0.2) is 22.7 Å². The SMILES string of the molecule is COCCC(C)NC(=O)Nc1ccc(Br)c(C(=O)O)c1. The number of halogens is 1. The molecule has 6 nitrogen and oxygen atoms in total. The molecule has 1 atom stereocenters. The van der Waals surface area contributed by atoms with E-state index in [1.54, 1.807) is 19.2 Å². The minimum absolute atomic E-state index is 0.0376. The Morgan fingerprint density at radius 2 is 2.15 bits per heavy atom. The lowest BCUT2D eigenvalue weighted by Crippen LogP contribution is -2.36. The zero-order chi connectivity index (χ0) is 15.1. The number of urea groups is 1. The van der Waals surface area contributed by atoms with Crippen LogP contribution in [0.2, 0.25) is 0 Å². The number of hydrogen-bond donors (Lipinski definition) is 3. The summed E-state index contributed by atoms with van der Waals surface area (Å²) in [6.45, 7) is 2.42. The third-order valence-electron chi connectivity index (χ3n) is 2.59. The summed E-state index contributed by atoms with van der Waals surface area (Å²) < 4.78 is 5.39. The molecule has 0 saturated carbocycles. The predicted molar refractivity (Wildman–Crippen MR) is 79.2 cm³/mol. The lowest BCUT2D eigenvalue weighted by atomic mass is 10.2. The van der Waals surface area contributed by atoms with Crippen LogP contribution in [-0.4, -0.2) is 36.9 Å². The fraction of sp³-hybridized carbons (Fsp3) is 0.385. The second-order valence-corrected chi connectivity index (χ2v) is 5.14. The number of carboxylic acid groups (broad SMARTS) is 1. The number of aromatic carboxylic acids is 1. The van der Waals surface area contributed by atoms with E-state index in [2.05, 4.69) is 26.6 Å². The molecular formula is C13H17BrN2O4. The first-order valence-electron chi connectivity index (χ1n) is 6.03. The molecular weight excluding hydrogens is 328 g/mol. The van der Waals surface area contributed by atoms with Gasteiger partial charge in [0.25, 0.3) is 0 Å². The Morgan fingerprint density at radius 3 is 2.75 bits per heavy atom. The minimum Gasteiger partial charge on any atom is -0.478 e. The van der Waals surface area contributed by atoms with Gasteiger partial charge in [-0.3, -0.25) is 0 Å². The molecule has 1 rings (SSSR count). The number of nitrogens with one attached hydrogen (secondary N) is 2. The van der Waals surface area contributed by atoms with E-state index in [1.807, 2.05) is 6.92 Å². The van der Waals surface area contributed by atoms with Crippen LogP contribution in [0, 0.1) is 0 Å². The summed E-state index contributed by atoms with van der Waals surface area (Å²) in [5, 5.41) is 14.3. The van der Waals surface area contributed by atoms with E-state index in [0.717, 1.165) is 0 Å². The van der Waals surface area contributed by atoms with Gasteiger partial charge in [-0.15, -0.1) is 0 Å². The molecule has 0 bridgehead atoms. The Bertz CT molecular complexity index is 493. The van der Waals surface area contributed by atoms with E-state index < -0.39 is 5.97 Å². The van der Waals surface area contributed by atoms with Crippen molar-refractivity contribution in [2.75, 3.05) is 19.0 Å². The van der Waals surface area contributed by atoms with Gasteiger partial charge in [0.15, 0.2) is 0 Å². The Hall–Kier alpha value is -1.60. The third kappa shape index (κ3) is 5.18. The number of amides is 2. The normalized spacial score (nSPS) is 11.8. The molecule has 0 aliphatic carbocycles. The van der Waals surface area contributed by atoms with Crippen molar-refractivity contribution in [1.29, 1.82) is 0 Å². The fourth-order valence-electron chi connectivity index (χ4n) is 1.52. The van der Waals surface area contributed by atoms with Crippen LogP contribution in [0.5, 0.6) is 0 Å². The maximum Gasteiger partial charge on any atom is 0.336 e. The number of rotatable bonds is 6. The van der Waals surface area contributed by atoms with E-state index in [-0.39, 0.29) is 17.6 Å². The highest BCUT2D eigenvalue weighted by Crippen LogP contribution is 2.21. The average molecular weight is 345 g/mol. The number of carbonyl (C=O) groups is 2. The van der Waals surface area contributed by atoms with Gasteiger partial charge in [-0.25, -0.2) is 9.59 Å². The third-order valence-corrected chi connectivity index (χ3v) is 3.28. The first kappa shape index (κ1) is 16.5. The minimum atomic E-state index is -1.06. The van der Waals surface area contributed by atoms with Crippen LogP contribution < -0.4 is 10.6 Å². The molecule has 1 aromatic rings. The number of ether oxygens (including phenoxy) is 1. The predicted octanol–water partition coefficient (Wildman–Crippen LogP) is 2.69. The highest BCUT2D eigenvalue weighted by atomic mass is 79.9. The second-order valence-electron chi connectivity index (χ2n) is 4.28. The van der Waals surface area contributed by atoms with Crippen molar-refractivity contribution in [2.24, 2.45) is 0 Å². The van der Waals surface area contributed by atoms with Crippen molar-refractivity contribution in [1.82, 2.24) is 5.32 Å². The zero-order valence-electron chi connectivity index (χ0n) is 11.3. The maximum absolute atomic E-state index is 11.7. The number of carbonyl (C=O) groups excluding carboxylic acids is 1. The number of anilines is 1. The van der Waals surface area contributed by atoms with Gasteiger partial charge < -0.3 is 20.5 Å². The fourth-order valence-corrected chi connectivity index (χ4v) is 1.94. The maximum atomic E-state index is 11.7. The van der Waals surface area contributed by atoms with Gasteiger partial charge in [-0.05, 0) is 47.5 Å². The molecule has 0 aromatic heterocycles. The molecule has 0 saturated heterocycles. The van der Waals surface area contributed by atoms with E-state index >= 15 is 0 Å². The smallest absolute Gasteiger partial charge is 0.336 e. The highest BCUT2D eigenvalue weighted by Gasteiger charge is 2.11. The summed E-state index contributed by atoms with van der Waals surface area (Å²) in [6, 6.07) is 4.17. The van der Waals surface area contributed by atoms with Crippen molar-refractivity contribution < 1.29 is 19.4 Å². The molecule has 0 radical (unpaired) electrons. The van der Waals surface area contributed by atoms with Crippen molar-refractivity contribution in [3.05, 3.63) is 28.2 Å². The summed E-state index contributed by atoms with van der Waals surface area (Å²) in [5.74, 6) is -1.06.